The molecular weight excluding hydrogens is 553 g/mol. The van der Waals surface area contributed by atoms with Crippen molar-refractivity contribution in [2.75, 3.05) is 43.4 Å². The molecule has 4 aromatic rings. The van der Waals surface area contributed by atoms with Gasteiger partial charge in [-0.1, -0.05) is 43.3 Å². The summed E-state index contributed by atoms with van der Waals surface area (Å²) in [6.07, 6.45) is -3.93. The normalized spacial score (nSPS) is 14.2. The Labute approximate surface area is 239 Å². The van der Waals surface area contributed by atoms with Gasteiger partial charge in [0.05, 0.1) is 11.3 Å². The monoisotopic (exact) mass is 580 g/mol. The third-order valence-corrected chi connectivity index (χ3v) is 7.12. The standard InChI is InChI=1S/C28H27F3N8OS/c1-3-23-35-25(39-14-12-38(2)13-15-39)37-27(36-23)41-26-33-21(18-8-5-4-6-9-18)17-22(34-26)24(40)32-20-11-7-10-19(16-20)28(29,30)31/h4-11,16-17H,3,12-15H2,1-2H3,(H,32,40). The highest BCUT2D eigenvalue weighted by Gasteiger charge is 2.30. The molecule has 41 heavy (non-hydrogen) atoms. The predicted molar refractivity (Wildman–Crippen MR) is 150 cm³/mol. The molecule has 5 rings (SSSR count). The van der Waals surface area contributed by atoms with E-state index in [0.717, 1.165) is 55.6 Å². The maximum absolute atomic E-state index is 13.2. The van der Waals surface area contributed by atoms with Crippen molar-refractivity contribution in [2.24, 2.45) is 0 Å². The molecule has 1 N–H and O–H groups in total. The molecule has 1 aliphatic rings. The van der Waals surface area contributed by atoms with Crippen molar-refractivity contribution in [3.8, 4) is 11.3 Å². The second-order valence-corrected chi connectivity index (χ2v) is 10.3. The summed E-state index contributed by atoms with van der Waals surface area (Å²) in [6.45, 7) is 5.31. The molecule has 0 saturated carbocycles. The number of benzene rings is 2. The number of rotatable bonds is 7. The summed E-state index contributed by atoms with van der Waals surface area (Å²) >= 11 is 1.10. The lowest BCUT2D eigenvalue weighted by Crippen LogP contribution is -2.45. The molecule has 212 valence electrons. The number of aryl methyl sites for hydroxylation is 1. The molecular formula is C28H27F3N8OS. The Morgan fingerprint density at radius 3 is 2.34 bits per heavy atom. The third-order valence-electron chi connectivity index (χ3n) is 6.39. The fourth-order valence-electron chi connectivity index (χ4n) is 4.13. The first-order chi connectivity index (χ1) is 19.7. The van der Waals surface area contributed by atoms with Crippen LogP contribution in [0.2, 0.25) is 0 Å². The minimum atomic E-state index is -4.54. The highest BCUT2D eigenvalue weighted by molar-refractivity contribution is 7.99. The van der Waals surface area contributed by atoms with Crippen LogP contribution in [0.1, 0.15) is 28.8 Å². The number of hydrogen-bond acceptors (Lipinski definition) is 9. The molecule has 0 aliphatic carbocycles. The van der Waals surface area contributed by atoms with Crippen molar-refractivity contribution in [2.45, 2.75) is 29.8 Å². The number of piperazine rings is 1. The number of carbonyl (C=O) groups excluding carboxylic acids is 1. The van der Waals surface area contributed by atoms with E-state index in [1.807, 2.05) is 37.3 Å². The zero-order valence-corrected chi connectivity index (χ0v) is 23.2. The van der Waals surface area contributed by atoms with Crippen LogP contribution in [0.15, 0.2) is 71.0 Å². The number of likely N-dealkylation sites (N-methyl/N-ethyl adjacent to an activating group) is 1. The van der Waals surface area contributed by atoms with E-state index in [9.17, 15) is 18.0 Å². The summed E-state index contributed by atoms with van der Waals surface area (Å²) in [5, 5.41) is 3.13. The number of carbonyl (C=O) groups is 1. The Hall–Kier alpha value is -4.10. The van der Waals surface area contributed by atoms with Crippen LogP contribution in [0.5, 0.6) is 0 Å². The van der Waals surface area contributed by atoms with Gasteiger partial charge in [0.25, 0.3) is 5.91 Å². The highest BCUT2D eigenvalue weighted by Crippen LogP contribution is 2.31. The summed E-state index contributed by atoms with van der Waals surface area (Å²) in [7, 11) is 2.07. The Balaban J connectivity index is 1.47. The molecule has 1 fully saturated rings. The summed E-state index contributed by atoms with van der Waals surface area (Å²) in [4.78, 5) is 40.5. The molecule has 9 nitrogen and oxygen atoms in total. The van der Waals surface area contributed by atoms with Crippen LogP contribution >= 0.6 is 11.8 Å². The topological polar surface area (TPSA) is 100 Å². The maximum atomic E-state index is 13.2. The number of amides is 1. The van der Waals surface area contributed by atoms with Crippen molar-refractivity contribution >= 4 is 29.3 Å². The quantitative estimate of drug-likeness (QED) is 0.301. The first-order valence-electron chi connectivity index (χ1n) is 13.0. The fraction of sp³-hybridized carbons (Fsp3) is 0.286. The SMILES string of the molecule is CCc1nc(Sc2nc(C(=O)Nc3cccc(C(F)(F)F)c3)cc(-c3ccccc3)n2)nc(N2CCN(C)CC2)n1. The lowest BCUT2D eigenvalue weighted by atomic mass is 10.1. The lowest BCUT2D eigenvalue weighted by Gasteiger charge is -2.32. The molecule has 0 spiro atoms. The maximum Gasteiger partial charge on any atom is 0.416 e. The van der Waals surface area contributed by atoms with Gasteiger partial charge in [0, 0.05) is 43.9 Å². The Morgan fingerprint density at radius 1 is 0.902 bits per heavy atom. The van der Waals surface area contributed by atoms with Gasteiger partial charge in [-0.15, -0.1) is 0 Å². The Kier molecular flexibility index (Phi) is 8.45. The van der Waals surface area contributed by atoms with E-state index in [1.54, 1.807) is 0 Å². The molecule has 0 unspecified atom stereocenters. The van der Waals surface area contributed by atoms with Crippen molar-refractivity contribution in [1.82, 2.24) is 29.8 Å². The molecule has 0 bridgehead atoms. The number of nitrogens with one attached hydrogen (secondary N) is 1. The molecule has 2 aromatic heterocycles. The number of halogens is 3. The number of nitrogens with zero attached hydrogens (tertiary/aromatic N) is 7. The fourth-order valence-corrected chi connectivity index (χ4v) is 4.86. The Bertz CT molecular complexity index is 1530. The van der Waals surface area contributed by atoms with Crippen LogP contribution < -0.4 is 10.2 Å². The summed E-state index contributed by atoms with van der Waals surface area (Å²) in [5.41, 5.74) is 0.342. The largest absolute Gasteiger partial charge is 0.416 e. The van der Waals surface area contributed by atoms with Crippen LogP contribution in [-0.4, -0.2) is 69.0 Å². The van der Waals surface area contributed by atoms with E-state index in [1.165, 1.54) is 18.2 Å². The second-order valence-electron chi connectivity index (χ2n) is 9.40. The third kappa shape index (κ3) is 7.16. The van der Waals surface area contributed by atoms with Crippen molar-refractivity contribution in [3.05, 3.63) is 77.7 Å². The van der Waals surface area contributed by atoms with Crippen LogP contribution in [0.3, 0.4) is 0 Å². The highest BCUT2D eigenvalue weighted by atomic mass is 32.2. The van der Waals surface area contributed by atoms with Gasteiger partial charge in [-0.05, 0) is 43.1 Å². The predicted octanol–water partition coefficient (Wildman–Crippen LogP) is 5.07. The first-order valence-corrected chi connectivity index (χ1v) is 13.8. The van der Waals surface area contributed by atoms with Crippen LogP contribution in [-0.2, 0) is 12.6 Å². The van der Waals surface area contributed by atoms with E-state index in [4.69, 9.17) is 0 Å². The van der Waals surface area contributed by atoms with Gasteiger partial charge in [0.1, 0.15) is 11.5 Å². The molecule has 2 aromatic carbocycles. The van der Waals surface area contributed by atoms with Crippen molar-refractivity contribution in [1.29, 1.82) is 0 Å². The average molecular weight is 581 g/mol. The van der Waals surface area contributed by atoms with Crippen molar-refractivity contribution < 1.29 is 18.0 Å². The minimum absolute atomic E-state index is 0.000717. The van der Waals surface area contributed by atoms with E-state index >= 15 is 0 Å². The number of alkyl halides is 3. The summed E-state index contributed by atoms with van der Waals surface area (Å²) in [5.74, 6) is 0.529. The lowest BCUT2D eigenvalue weighted by molar-refractivity contribution is -0.137. The smallest absolute Gasteiger partial charge is 0.338 e. The van der Waals surface area contributed by atoms with Gasteiger partial charge in [0.2, 0.25) is 11.1 Å². The average Bonchev–Trinajstić information content (AvgIpc) is 2.97. The van der Waals surface area contributed by atoms with Gasteiger partial charge in [-0.2, -0.15) is 23.1 Å². The molecule has 13 heteroatoms. The number of hydrogen-bond donors (Lipinski definition) is 1. The van der Waals surface area contributed by atoms with E-state index in [0.29, 0.717) is 29.0 Å². The summed E-state index contributed by atoms with van der Waals surface area (Å²) < 4.78 is 39.6. The van der Waals surface area contributed by atoms with Gasteiger partial charge in [-0.3, -0.25) is 4.79 Å². The van der Waals surface area contributed by atoms with Crippen LogP contribution in [0, 0.1) is 0 Å². The van der Waals surface area contributed by atoms with Crippen LogP contribution in [0.25, 0.3) is 11.3 Å². The Morgan fingerprint density at radius 2 is 1.63 bits per heavy atom. The van der Waals surface area contributed by atoms with Gasteiger partial charge in [-0.25, -0.2) is 15.0 Å². The first kappa shape index (κ1) is 28.4. The molecule has 1 saturated heterocycles. The molecule has 1 aliphatic heterocycles. The second kappa shape index (κ2) is 12.2. The zero-order valence-electron chi connectivity index (χ0n) is 22.4. The molecule has 0 radical (unpaired) electrons. The van der Waals surface area contributed by atoms with E-state index < -0.39 is 17.6 Å². The van der Waals surface area contributed by atoms with Gasteiger partial charge < -0.3 is 15.1 Å². The molecule has 0 atom stereocenters. The van der Waals surface area contributed by atoms with Gasteiger partial charge in [0.15, 0.2) is 5.16 Å². The minimum Gasteiger partial charge on any atom is -0.338 e. The van der Waals surface area contributed by atoms with E-state index in [2.05, 4.69) is 47.1 Å². The van der Waals surface area contributed by atoms with Gasteiger partial charge >= 0.3 is 6.18 Å². The molecule has 1 amide bonds. The number of anilines is 2. The molecule has 3 heterocycles. The zero-order chi connectivity index (χ0) is 29.0. The van der Waals surface area contributed by atoms with Crippen molar-refractivity contribution in [3.63, 3.8) is 0 Å². The van der Waals surface area contributed by atoms with E-state index in [-0.39, 0.29) is 16.5 Å². The number of aromatic nitrogens is 5. The van der Waals surface area contributed by atoms with Crippen LogP contribution in [0.4, 0.5) is 24.8 Å². The summed E-state index contributed by atoms with van der Waals surface area (Å²) in [6, 6.07) is 15.2.